The zero-order valence-electron chi connectivity index (χ0n) is 11.3. The number of hydrogen-bond acceptors (Lipinski definition) is 5. The number of carbonyl (C=O) groups is 1. The molecule has 3 aromatic rings. The molecule has 0 aliphatic heterocycles. The highest BCUT2D eigenvalue weighted by molar-refractivity contribution is 5.97. The van der Waals surface area contributed by atoms with Crippen molar-refractivity contribution < 1.29 is 14.8 Å². The van der Waals surface area contributed by atoms with Gasteiger partial charge in [-0.05, 0) is 23.9 Å². The van der Waals surface area contributed by atoms with E-state index < -0.39 is 22.0 Å². The number of pyridine rings is 1. The second-order valence-electron chi connectivity index (χ2n) is 4.77. The third-order valence-corrected chi connectivity index (χ3v) is 3.43. The second kappa shape index (κ2) is 4.62. The van der Waals surface area contributed by atoms with Gasteiger partial charge in [0.25, 0.3) is 11.2 Å². The number of aromatic carboxylic acids is 1. The van der Waals surface area contributed by atoms with Gasteiger partial charge in [0, 0.05) is 29.9 Å². The molecular formula is C14H9N3O5. The predicted molar refractivity (Wildman–Crippen MR) is 77.3 cm³/mol. The quantitative estimate of drug-likeness (QED) is 0.438. The van der Waals surface area contributed by atoms with E-state index in [1.807, 2.05) is 0 Å². The first-order valence-corrected chi connectivity index (χ1v) is 6.22. The summed E-state index contributed by atoms with van der Waals surface area (Å²) in [4.78, 5) is 37.6. The first kappa shape index (κ1) is 13.7. The lowest BCUT2D eigenvalue weighted by atomic mass is 10.1. The summed E-state index contributed by atoms with van der Waals surface area (Å²) in [5.41, 5.74) is -0.449. The van der Waals surface area contributed by atoms with Gasteiger partial charge in [0.1, 0.15) is 11.2 Å². The molecule has 0 fully saturated rings. The van der Waals surface area contributed by atoms with Crippen LogP contribution in [0.4, 0.5) is 5.69 Å². The average Bonchev–Trinajstić information content (AvgIpc) is 2.47. The van der Waals surface area contributed by atoms with Crippen molar-refractivity contribution >= 4 is 28.1 Å². The van der Waals surface area contributed by atoms with Crippen LogP contribution < -0.4 is 5.56 Å². The van der Waals surface area contributed by atoms with Crippen LogP contribution >= 0.6 is 0 Å². The predicted octanol–water partition coefficient (Wildman–Crippen LogP) is 1.76. The Balaban J connectivity index is 2.52. The van der Waals surface area contributed by atoms with Crippen molar-refractivity contribution in [1.82, 2.24) is 9.38 Å². The van der Waals surface area contributed by atoms with E-state index >= 15 is 0 Å². The highest BCUT2D eigenvalue weighted by Crippen LogP contribution is 2.26. The smallest absolute Gasteiger partial charge is 0.342 e. The van der Waals surface area contributed by atoms with Crippen LogP contribution in [0.1, 0.15) is 15.9 Å². The summed E-state index contributed by atoms with van der Waals surface area (Å²) >= 11 is 0. The molecule has 0 spiro atoms. The molecule has 0 unspecified atom stereocenters. The molecule has 1 N–H and O–H groups in total. The van der Waals surface area contributed by atoms with Gasteiger partial charge in [-0.3, -0.25) is 19.3 Å². The third-order valence-electron chi connectivity index (χ3n) is 3.43. The Kier molecular flexibility index (Phi) is 2.87. The summed E-state index contributed by atoms with van der Waals surface area (Å²) in [6, 6.07) is 4.28. The monoisotopic (exact) mass is 299 g/mol. The molecule has 0 saturated carbocycles. The summed E-state index contributed by atoms with van der Waals surface area (Å²) < 4.78 is 1.10. The fourth-order valence-corrected chi connectivity index (χ4v) is 2.37. The largest absolute Gasteiger partial charge is 0.477 e. The Bertz CT molecular complexity index is 1020. The van der Waals surface area contributed by atoms with Crippen molar-refractivity contribution in [3.8, 4) is 0 Å². The standard InChI is InChI=1S/C14H9N3O5/c1-7-6-16-12(15-5-11(13(16)18)14(19)20)10-4-8(17(21)22)2-3-9(7)10/h2-6H,1H3,(H,19,20). The molecular weight excluding hydrogens is 290 g/mol. The molecule has 8 nitrogen and oxygen atoms in total. The minimum atomic E-state index is -1.37. The summed E-state index contributed by atoms with van der Waals surface area (Å²) in [7, 11) is 0. The summed E-state index contributed by atoms with van der Waals surface area (Å²) in [5.74, 6) is -1.37. The molecule has 2 aromatic heterocycles. The van der Waals surface area contributed by atoms with Crippen LogP contribution in [0.25, 0.3) is 16.4 Å². The minimum absolute atomic E-state index is 0.128. The minimum Gasteiger partial charge on any atom is -0.477 e. The summed E-state index contributed by atoms with van der Waals surface area (Å²) in [6.07, 6.45) is 2.44. The van der Waals surface area contributed by atoms with Crippen molar-refractivity contribution in [2.24, 2.45) is 0 Å². The number of aryl methyl sites for hydroxylation is 1. The average molecular weight is 299 g/mol. The zero-order valence-corrected chi connectivity index (χ0v) is 11.3. The van der Waals surface area contributed by atoms with E-state index in [4.69, 9.17) is 5.11 Å². The van der Waals surface area contributed by atoms with Gasteiger partial charge in [-0.15, -0.1) is 0 Å². The third kappa shape index (κ3) is 1.89. The van der Waals surface area contributed by atoms with E-state index in [0.29, 0.717) is 16.3 Å². The zero-order chi connectivity index (χ0) is 16.0. The normalized spacial score (nSPS) is 11.0. The topological polar surface area (TPSA) is 115 Å². The van der Waals surface area contributed by atoms with Crippen molar-refractivity contribution in [1.29, 1.82) is 0 Å². The van der Waals surface area contributed by atoms with Crippen molar-refractivity contribution in [3.05, 3.63) is 62.2 Å². The maximum atomic E-state index is 12.2. The maximum absolute atomic E-state index is 12.2. The van der Waals surface area contributed by atoms with Crippen LogP contribution in [-0.4, -0.2) is 25.4 Å². The lowest BCUT2D eigenvalue weighted by Crippen LogP contribution is -2.23. The van der Waals surface area contributed by atoms with Crippen LogP contribution in [0, 0.1) is 17.0 Å². The number of benzene rings is 1. The molecule has 1 aromatic carbocycles. The van der Waals surface area contributed by atoms with E-state index in [9.17, 15) is 19.7 Å². The van der Waals surface area contributed by atoms with E-state index in [-0.39, 0.29) is 11.3 Å². The molecule has 0 saturated heterocycles. The fraction of sp³-hybridized carbons (Fsp3) is 0.0714. The molecule has 8 heteroatoms. The molecule has 2 heterocycles. The van der Waals surface area contributed by atoms with Crippen LogP contribution in [0.5, 0.6) is 0 Å². The van der Waals surface area contributed by atoms with Crippen LogP contribution in [0.2, 0.25) is 0 Å². The SMILES string of the molecule is Cc1cn2c(=O)c(C(=O)O)cnc2c2cc([N+](=O)[O-])ccc12. The molecule has 0 bridgehead atoms. The number of nitro groups is 1. The number of non-ortho nitro benzene ring substituents is 1. The molecule has 0 amide bonds. The summed E-state index contributed by atoms with van der Waals surface area (Å²) in [5, 5.41) is 21.0. The van der Waals surface area contributed by atoms with E-state index in [0.717, 1.165) is 10.6 Å². The van der Waals surface area contributed by atoms with Crippen molar-refractivity contribution in [2.45, 2.75) is 6.92 Å². The van der Waals surface area contributed by atoms with E-state index in [1.54, 1.807) is 13.0 Å². The number of nitro benzene ring substituents is 1. The van der Waals surface area contributed by atoms with Gasteiger partial charge in [-0.1, -0.05) is 0 Å². The van der Waals surface area contributed by atoms with Crippen LogP contribution in [-0.2, 0) is 0 Å². The lowest BCUT2D eigenvalue weighted by molar-refractivity contribution is -0.384. The van der Waals surface area contributed by atoms with Gasteiger partial charge in [0.2, 0.25) is 0 Å². The first-order valence-electron chi connectivity index (χ1n) is 6.22. The Labute approximate surface area is 122 Å². The Morgan fingerprint density at radius 2 is 2.09 bits per heavy atom. The lowest BCUT2D eigenvalue weighted by Gasteiger charge is -2.08. The molecule has 22 heavy (non-hydrogen) atoms. The number of fused-ring (bicyclic) bond motifs is 3. The van der Waals surface area contributed by atoms with Gasteiger partial charge in [0.15, 0.2) is 0 Å². The molecule has 110 valence electrons. The van der Waals surface area contributed by atoms with E-state index in [2.05, 4.69) is 4.98 Å². The number of carboxylic acid groups (broad SMARTS) is 1. The fourth-order valence-electron chi connectivity index (χ4n) is 2.37. The highest BCUT2D eigenvalue weighted by atomic mass is 16.6. The number of hydrogen-bond donors (Lipinski definition) is 1. The number of rotatable bonds is 2. The second-order valence-corrected chi connectivity index (χ2v) is 4.77. The summed E-state index contributed by atoms with van der Waals surface area (Å²) in [6.45, 7) is 1.73. The van der Waals surface area contributed by atoms with Gasteiger partial charge in [-0.2, -0.15) is 0 Å². The van der Waals surface area contributed by atoms with Gasteiger partial charge >= 0.3 is 5.97 Å². The van der Waals surface area contributed by atoms with Gasteiger partial charge in [0.05, 0.1) is 4.92 Å². The van der Waals surface area contributed by atoms with Crippen LogP contribution in [0.3, 0.4) is 0 Å². The number of aromatic nitrogens is 2. The Hall–Kier alpha value is -3.29. The van der Waals surface area contributed by atoms with Gasteiger partial charge < -0.3 is 5.11 Å². The molecule has 0 aliphatic rings. The van der Waals surface area contributed by atoms with Crippen molar-refractivity contribution in [3.63, 3.8) is 0 Å². The number of carboxylic acids is 1. The Morgan fingerprint density at radius 3 is 2.73 bits per heavy atom. The molecule has 0 aliphatic carbocycles. The van der Waals surface area contributed by atoms with Crippen molar-refractivity contribution in [2.75, 3.05) is 0 Å². The molecule has 3 rings (SSSR count). The molecule has 0 radical (unpaired) electrons. The first-order chi connectivity index (χ1) is 10.4. The highest BCUT2D eigenvalue weighted by Gasteiger charge is 2.16. The Morgan fingerprint density at radius 1 is 1.36 bits per heavy atom. The van der Waals surface area contributed by atoms with Crippen LogP contribution in [0.15, 0.2) is 35.4 Å². The molecule has 0 atom stereocenters. The van der Waals surface area contributed by atoms with E-state index in [1.165, 1.54) is 18.3 Å². The van der Waals surface area contributed by atoms with Gasteiger partial charge in [-0.25, -0.2) is 9.78 Å². The number of nitrogens with zero attached hydrogens (tertiary/aromatic N) is 3. The maximum Gasteiger partial charge on any atom is 0.342 e.